The van der Waals surface area contributed by atoms with Gasteiger partial charge < -0.3 is 21.1 Å². The van der Waals surface area contributed by atoms with Crippen LogP contribution in [0.3, 0.4) is 0 Å². The number of aliphatic hydroxyl groups is 1. The van der Waals surface area contributed by atoms with E-state index in [1.54, 1.807) is 36.4 Å². The van der Waals surface area contributed by atoms with Gasteiger partial charge in [0.25, 0.3) is 5.91 Å². The zero-order valence-corrected chi connectivity index (χ0v) is 20.8. The van der Waals surface area contributed by atoms with Crippen LogP contribution in [0.15, 0.2) is 60.7 Å². The molecule has 9 heteroatoms. The monoisotopic (exact) mass is 503 g/mol. The number of amides is 2. The van der Waals surface area contributed by atoms with Crippen molar-refractivity contribution in [3.8, 4) is 17.3 Å². The lowest BCUT2D eigenvalue weighted by Gasteiger charge is -2.23. The van der Waals surface area contributed by atoms with Crippen LogP contribution < -0.4 is 16.0 Å². The third-order valence-corrected chi connectivity index (χ3v) is 5.84. The minimum atomic E-state index is -0.633. The highest BCUT2D eigenvalue weighted by Gasteiger charge is 2.20. The normalized spacial score (nSPS) is 11.5. The number of pyridine rings is 1. The number of carbonyl (C=O) groups excluding carboxylic acids is 2. The summed E-state index contributed by atoms with van der Waals surface area (Å²) in [4.78, 5) is 29.4. The van der Waals surface area contributed by atoms with Crippen molar-refractivity contribution in [2.45, 2.75) is 26.3 Å². The van der Waals surface area contributed by atoms with E-state index in [0.29, 0.717) is 35.6 Å². The van der Waals surface area contributed by atoms with Crippen LogP contribution in [0.4, 0.5) is 10.2 Å². The molecule has 37 heavy (non-hydrogen) atoms. The van der Waals surface area contributed by atoms with Crippen LogP contribution in [0, 0.1) is 23.1 Å². The quantitative estimate of drug-likeness (QED) is 0.318. The van der Waals surface area contributed by atoms with Crippen LogP contribution in [-0.4, -0.2) is 47.6 Å². The van der Waals surface area contributed by atoms with Crippen LogP contribution in [0.25, 0.3) is 11.3 Å². The van der Waals surface area contributed by atoms with Crippen molar-refractivity contribution in [1.82, 2.24) is 15.6 Å². The maximum Gasteiger partial charge on any atom is 0.255 e. The first kappa shape index (κ1) is 27.3. The van der Waals surface area contributed by atoms with Crippen molar-refractivity contribution >= 4 is 17.6 Å². The average Bonchev–Trinajstić information content (AvgIpc) is 2.90. The van der Waals surface area contributed by atoms with Gasteiger partial charge in [0.1, 0.15) is 18.2 Å². The van der Waals surface area contributed by atoms with Crippen molar-refractivity contribution in [3.63, 3.8) is 0 Å². The number of rotatable bonds is 11. The first-order valence-corrected chi connectivity index (χ1v) is 12.0. The number of benzene rings is 2. The Morgan fingerprint density at radius 2 is 1.89 bits per heavy atom. The number of hydrogen-bond acceptors (Lipinski definition) is 6. The summed E-state index contributed by atoms with van der Waals surface area (Å²) in [6, 6.07) is 18.4. The highest BCUT2D eigenvalue weighted by molar-refractivity contribution is 5.99. The molecule has 2 amide bonds. The maximum absolute atomic E-state index is 13.6. The maximum atomic E-state index is 13.6. The molecule has 1 atom stereocenters. The van der Waals surface area contributed by atoms with Crippen molar-refractivity contribution in [2.75, 3.05) is 25.0 Å². The molecule has 0 saturated carbocycles. The second-order valence-electron chi connectivity index (χ2n) is 8.84. The third-order valence-electron chi connectivity index (χ3n) is 5.84. The zero-order valence-electron chi connectivity index (χ0n) is 20.8. The van der Waals surface area contributed by atoms with Gasteiger partial charge in [-0.05, 0) is 48.2 Å². The molecule has 8 nitrogen and oxygen atoms in total. The number of halogens is 1. The first-order valence-electron chi connectivity index (χ1n) is 12.0. The predicted molar refractivity (Wildman–Crippen MR) is 139 cm³/mol. The smallest absolute Gasteiger partial charge is 0.255 e. The van der Waals surface area contributed by atoms with E-state index in [2.05, 4.69) is 27.0 Å². The summed E-state index contributed by atoms with van der Waals surface area (Å²) in [7, 11) is 0. The number of aromatic nitrogens is 1. The molecule has 2 aromatic carbocycles. The van der Waals surface area contributed by atoms with Crippen molar-refractivity contribution in [2.24, 2.45) is 5.92 Å². The lowest BCUT2D eigenvalue weighted by molar-refractivity contribution is -0.124. The molecule has 1 aromatic heterocycles. The van der Waals surface area contributed by atoms with Crippen LogP contribution in [0.1, 0.15) is 35.3 Å². The number of nitrogens with one attached hydrogen (secondary N) is 3. The van der Waals surface area contributed by atoms with Gasteiger partial charge >= 0.3 is 0 Å². The largest absolute Gasteiger partial charge is 0.387 e. The molecule has 192 valence electrons. The van der Waals surface area contributed by atoms with Crippen molar-refractivity contribution in [1.29, 1.82) is 5.26 Å². The van der Waals surface area contributed by atoms with E-state index in [9.17, 15) is 19.2 Å². The molecule has 0 spiro atoms. The van der Waals surface area contributed by atoms with Gasteiger partial charge in [-0.25, -0.2) is 9.37 Å². The summed E-state index contributed by atoms with van der Waals surface area (Å²) in [6.45, 7) is 3.71. The van der Waals surface area contributed by atoms with Crippen molar-refractivity contribution in [3.05, 3.63) is 83.2 Å². The van der Waals surface area contributed by atoms with E-state index in [0.717, 1.165) is 5.56 Å². The molecule has 1 heterocycles. The Kier molecular flexibility index (Phi) is 9.69. The lowest BCUT2D eigenvalue weighted by atomic mass is 10.0. The van der Waals surface area contributed by atoms with Crippen LogP contribution in [0.5, 0.6) is 0 Å². The Morgan fingerprint density at radius 1 is 1.11 bits per heavy atom. The van der Waals surface area contributed by atoms with Gasteiger partial charge in [0.15, 0.2) is 0 Å². The molecular formula is C28H30FN5O3. The lowest BCUT2D eigenvalue weighted by Crippen LogP contribution is -2.47. The number of aliphatic hydroxyl groups excluding tert-OH is 1. The molecule has 0 aliphatic rings. The summed E-state index contributed by atoms with van der Waals surface area (Å²) < 4.78 is 13.6. The Balaban J connectivity index is 1.84. The number of carbonyl (C=O) groups is 2. The van der Waals surface area contributed by atoms with Gasteiger partial charge in [-0.2, -0.15) is 5.26 Å². The molecule has 0 saturated heterocycles. The molecular weight excluding hydrogens is 473 g/mol. The van der Waals surface area contributed by atoms with Gasteiger partial charge in [0.05, 0.1) is 22.9 Å². The minimum Gasteiger partial charge on any atom is -0.387 e. The molecule has 0 aliphatic carbocycles. The average molecular weight is 504 g/mol. The summed E-state index contributed by atoms with van der Waals surface area (Å²) >= 11 is 0. The Labute approximate surface area is 215 Å². The molecule has 0 aliphatic heterocycles. The minimum absolute atomic E-state index is 0.0163. The van der Waals surface area contributed by atoms with Gasteiger partial charge in [0.2, 0.25) is 5.91 Å². The van der Waals surface area contributed by atoms with Gasteiger partial charge in [-0.3, -0.25) is 9.59 Å². The Hall–Kier alpha value is -4.29. The van der Waals surface area contributed by atoms with E-state index in [4.69, 9.17) is 5.11 Å². The van der Waals surface area contributed by atoms with E-state index in [1.807, 2.05) is 26.0 Å². The fraction of sp³-hybridized carbons (Fsp3) is 0.286. The fourth-order valence-electron chi connectivity index (χ4n) is 3.75. The summed E-state index contributed by atoms with van der Waals surface area (Å²) in [6.07, 6.45) is 0.502. The molecule has 0 unspecified atom stereocenters. The van der Waals surface area contributed by atoms with Gasteiger partial charge in [-0.15, -0.1) is 0 Å². The highest BCUT2D eigenvalue weighted by atomic mass is 19.1. The molecule has 3 aromatic rings. The number of nitrogens with zero attached hydrogens (tertiary/aromatic N) is 2. The van der Waals surface area contributed by atoms with E-state index in [-0.39, 0.29) is 29.9 Å². The highest BCUT2D eigenvalue weighted by Crippen LogP contribution is 2.25. The van der Waals surface area contributed by atoms with E-state index < -0.39 is 18.4 Å². The predicted octanol–water partition coefficient (Wildman–Crippen LogP) is 3.28. The number of anilines is 1. The molecule has 0 radical (unpaired) electrons. The molecule has 4 N–H and O–H groups in total. The van der Waals surface area contributed by atoms with E-state index in [1.165, 1.54) is 12.1 Å². The molecule has 0 bridgehead atoms. The Bertz CT molecular complexity index is 1290. The Morgan fingerprint density at radius 3 is 2.59 bits per heavy atom. The number of hydrogen-bond donors (Lipinski definition) is 4. The van der Waals surface area contributed by atoms with Crippen LogP contribution in [0.2, 0.25) is 0 Å². The van der Waals surface area contributed by atoms with Crippen LogP contribution in [-0.2, 0) is 11.2 Å². The van der Waals surface area contributed by atoms with Gasteiger partial charge in [0, 0.05) is 24.7 Å². The summed E-state index contributed by atoms with van der Waals surface area (Å²) in [5.74, 6) is -0.902. The number of nitriles is 1. The first-order chi connectivity index (χ1) is 17.8. The summed E-state index contributed by atoms with van der Waals surface area (Å²) in [5.41, 5.74) is 2.70. The second-order valence-corrected chi connectivity index (χ2v) is 8.84. The third kappa shape index (κ3) is 7.59. The van der Waals surface area contributed by atoms with Crippen LogP contribution >= 0.6 is 0 Å². The molecule has 3 rings (SSSR count). The van der Waals surface area contributed by atoms with Crippen molar-refractivity contribution < 1.29 is 19.1 Å². The molecule has 0 fully saturated rings. The van der Waals surface area contributed by atoms with E-state index >= 15 is 0 Å². The zero-order chi connectivity index (χ0) is 26.8. The topological polar surface area (TPSA) is 127 Å². The van der Waals surface area contributed by atoms with Gasteiger partial charge in [-0.1, -0.05) is 44.2 Å². The standard InChI is InChI=1S/C28H30FN5O3/c1-18(2)25(33-26(36)17-35)16-32-28(37)23-10-11-24(22-9-4-3-7-20(22)15-30)34-27(23)31-13-12-19-6-5-8-21(29)14-19/h3-11,14,18,25,35H,12-13,16-17H2,1-2H3,(H,31,34)(H,32,37)(H,33,36)/t25-/m0/s1. The fourth-order valence-corrected chi connectivity index (χ4v) is 3.75. The SMILES string of the molecule is CC(C)[C@H](CNC(=O)c1ccc(-c2ccccc2C#N)nc1NCCc1cccc(F)c1)NC(=O)CO. The second kappa shape index (κ2) is 13.1. The summed E-state index contributed by atoms with van der Waals surface area (Å²) in [5, 5.41) is 27.2.